The lowest BCUT2D eigenvalue weighted by atomic mass is 9.98. The molecule has 0 atom stereocenters. The van der Waals surface area contributed by atoms with E-state index in [9.17, 15) is 14.4 Å². The highest BCUT2D eigenvalue weighted by Gasteiger charge is 2.26. The summed E-state index contributed by atoms with van der Waals surface area (Å²) in [6.07, 6.45) is 1.26. The number of benzene rings is 2. The molecule has 1 aliphatic heterocycles. The number of aromatic nitrogens is 2. The van der Waals surface area contributed by atoms with E-state index in [1.807, 2.05) is 42.5 Å². The van der Waals surface area contributed by atoms with Gasteiger partial charge in [-0.15, -0.1) is 0 Å². The summed E-state index contributed by atoms with van der Waals surface area (Å²) in [5, 5.41) is 0.866. The Balaban J connectivity index is 1.52. The minimum absolute atomic E-state index is 0.0882. The smallest absolute Gasteiger partial charge is 0.409 e. The van der Waals surface area contributed by atoms with E-state index >= 15 is 0 Å². The molecule has 1 saturated heterocycles. The average Bonchev–Trinajstić information content (AvgIpc) is 3.28. The van der Waals surface area contributed by atoms with E-state index in [1.165, 1.54) is 0 Å². The molecule has 0 aliphatic carbocycles. The number of H-pyrrole nitrogens is 2. The summed E-state index contributed by atoms with van der Waals surface area (Å²) in [4.78, 5) is 47.4. The van der Waals surface area contributed by atoms with Gasteiger partial charge in [0.05, 0.1) is 17.9 Å². The number of aromatic amines is 2. The molecule has 2 aromatic carbocycles. The molecule has 35 heavy (non-hydrogen) atoms. The standard InChI is InChI=1S/C27H26N4O4/c1-2-35-27(34)31-15-13-30(14-16-31)26(33)19-10-11-22-21(17-19)23(18-7-4-3-5-8-18)24(29-22)20-9-6-12-28-25(20)32/h3-12,17,29H,2,13-16H2,1H3,(H,28,32). The van der Waals surface area contributed by atoms with Crippen molar-refractivity contribution in [1.29, 1.82) is 0 Å². The van der Waals surface area contributed by atoms with Crippen molar-refractivity contribution in [2.75, 3.05) is 32.8 Å². The summed E-state index contributed by atoms with van der Waals surface area (Å²) in [7, 11) is 0. The number of ether oxygens (including phenoxy) is 1. The maximum absolute atomic E-state index is 13.4. The van der Waals surface area contributed by atoms with Crippen LogP contribution in [0.5, 0.6) is 0 Å². The SMILES string of the molecule is CCOC(=O)N1CCN(C(=O)c2ccc3[nH]c(-c4ccc[nH]c4=O)c(-c4ccccc4)c3c2)CC1. The van der Waals surface area contributed by atoms with Crippen LogP contribution < -0.4 is 5.56 Å². The molecule has 2 amide bonds. The highest BCUT2D eigenvalue weighted by molar-refractivity contribution is 6.07. The Bertz CT molecular complexity index is 1430. The topological polar surface area (TPSA) is 98.5 Å². The molecule has 0 radical (unpaired) electrons. The van der Waals surface area contributed by atoms with Crippen LogP contribution in [-0.4, -0.2) is 64.6 Å². The van der Waals surface area contributed by atoms with Gasteiger partial charge in [-0.3, -0.25) is 9.59 Å². The van der Waals surface area contributed by atoms with Crippen molar-refractivity contribution in [2.24, 2.45) is 0 Å². The average molecular weight is 471 g/mol. The summed E-state index contributed by atoms with van der Waals surface area (Å²) in [6.45, 7) is 3.87. The van der Waals surface area contributed by atoms with E-state index in [-0.39, 0.29) is 17.6 Å². The quantitative estimate of drug-likeness (QED) is 0.469. The second-order valence-electron chi connectivity index (χ2n) is 8.39. The van der Waals surface area contributed by atoms with Gasteiger partial charge in [-0.25, -0.2) is 4.79 Å². The van der Waals surface area contributed by atoms with Crippen LogP contribution in [0.2, 0.25) is 0 Å². The first kappa shape index (κ1) is 22.5. The van der Waals surface area contributed by atoms with Gasteiger partial charge >= 0.3 is 6.09 Å². The van der Waals surface area contributed by atoms with E-state index < -0.39 is 0 Å². The number of nitrogens with zero attached hydrogens (tertiary/aromatic N) is 2. The summed E-state index contributed by atoms with van der Waals surface area (Å²) < 4.78 is 5.07. The Labute approximate surface area is 202 Å². The molecule has 8 nitrogen and oxygen atoms in total. The fourth-order valence-electron chi connectivity index (χ4n) is 4.54. The molecule has 0 bridgehead atoms. The van der Waals surface area contributed by atoms with E-state index in [4.69, 9.17) is 4.74 Å². The van der Waals surface area contributed by atoms with E-state index in [2.05, 4.69) is 9.97 Å². The van der Waals surface area contributed by atoms with Crippen molar-refractivity contribution in [3.63, 3.8) is 0 Å². The highest BCUT2D eigenvalue weighted by Crippen LogP contribution is 2.37. The Hall–Kier alpha value is -4.33. The number of pyridine rings is 1. The lowest BCUT2D eigenvalue weighted by Gasteiger charge is -2.34. The zero-order chi connectivity index (χ0) is 24.4. The summed E-state index contributed by atoms with van der Waals surface area (Å²) in [5.74, 6) is -0.0882. The first-order chi connectivity index (χ1) is 17.1. The number of carbonyl (C=O) groups excluding carboxylic acids is 2. The summed E-state index contributed by atoms with van der Waals surface area (Å²) >= 11 is 0. The van der Waals surface area contributed by atoms with Gasteiger partial charge in [0.2, 0.25) is 0 Å². The zero-order valence-corrected chi connectivity index (χ0v) is 19.4. The van der Waals surface area contributed by atoms with E-state index in [0.29, 0.717) is 49.6 Å². The highest BCUT2D eigenvalue weighted by atomic mass is 16.6. The van der Waals surface area contributed by atoms with Crippen LogP contribution >= 0.6 is 0 Å². The Morgan fingerprint density at radius 1 is 0.943 bits per heavy atom. The molecule has 1 aliphatic rings. The van der Waals surface area contributed by atoms with Crippen LogP contribution in [0.25, 0.3) is 33.3 Å². The molecule has 3 heterocycles. The largest absolute Gasteiger partial charge is 0.450 e. The third-order valence-corrected chi connectivity index (χ3v) is 6.29. The van der Waals surface area contributed by atoms with Crippen molar-refractivity contribution in [3.8, 4) is 22.4 Å². The van der Waals surface area contributed by atoms with Crippen molar-refractivity contribution in [3.05, 3.63) is 82.8 Å². The van der Waals surface area contributed by atoms with Crippen LogP contribution in [0.15, 0.2) is 71.7 Å². The van der Waals surface area contributed by atoms with Gasteiger partial charge in [0.15, 0.2) is 0 Å². The number of fused-ring (bicyclic) bond motifs is 1. The van der Waals surface area contributed by atoms with Gasteiger partial charge in [0, 0.05) is 54.4 Å². The molecule has 0 saturated carbocycles. The van der Waals surface area contributed by atoms with Gasteiger partial charge in [0.1, 0.15) is 0 Å². The van der Waals surface area contributed by atoms with Gasteiger partial charge < -0.3 is 24.5 Å². The second kappa shape index (κ2) is 9.50. The second-order valence-corrected chi connectivity index (χ2v) is 8.39. The zero-order valence-electron chi connectivity index (χ0n) is 19.4. The fourth-order valence-corrected chi connectivity index (χ4v) is 4.54. The number of amides is 2. The fraction of sp³-hybridized carbons (Fsp3) is 0.222. The number of hydrogen-bond donors (Lipinski definition) is 2. The normalized spacial score (nSPS) is 13.7. The molecule has 2 aromatic heterocycles. The maximum atomic E-state index is 13.4. The van der Waals surface area contributed by atoms with Crippen LogP contribution in [0.3, 0.4) is 0 Å². The molecule has 2 N–H and O–H groups in total. The first-order valence-electron chi connectivity index (χ1n) is 11.7. The molecular weight excluding hydrogens is 444 g/mol. The third kappa shape index (κ3) is 4.30. The van der Waals surface area contributed by atoms with Crippen LogP contribution in [-0.2, 0) is 4.74 Å². The maximum Gasteiger partial charge on any atom is 0.409 e. The number of hydrogen-bond acceptors (Lipinski definition) is 4. The molecule has 178 valence electrons. The molecular formula is C27H26N4O4. The number of rotatable bonds is 4. The molecule has 4 aromatic rings. The van der Waals surface area contributed by atoms with E-state index in [1.54, 1.807) is 41.1 Å². The summed E-state index contributed by atoms with van der Waals surface area (Å²) in [5.41, 5.74) is 4.28. The number of carbonyl (C=O) groups is 2. The number of nitrogens with one attached hydrogen (secondary N) is 2. The Morgan fingerprint density at radius 2 is 1.69 bits per heavy atom. The summed E-state index contributed by atoms with van der Waals surface area (Å²) in [6, 6.07) is 19.0. The predicted octanol–water partition coefficient (Wildman–Crippen LogP) is 4.10. The predicted molar refractivity (Wildman–Crippen MR) is 134 cm³/mol. The van der Waals surface area contributed by atoms with Crippen molar-refractivity contribution in [1.82, 2.24) is 19.8 Å². The Kier molecular flexibility index (Phi) is 6.10. The lowest BCUT2D eigenvalue weighted by molar-refractivity contribution is 0.0570. The van der Waals surface area contributed by atoms with Crippen LogP contribution in [0, 0.1) is 0 Å². The van der Waals surface area contributed by atoms with Gasteiger partial charge in [-0.2, -0.15) is 0 Å². The van der Waals surface area contributed by atoms with Gasteiger partial charge in [0.25, 0.3) is 11.5 Å². The van der Waals surface area contributed by atoms with Gasteiger partial charge in [-0.1, -0.05) is 30.3 Å². The molecule has 5 rings (SSSR count). The lowest BCUT2D eigenvalue weighted by Crippen LogP contribution is -2.50. The number of piperazine rings is 1. The minimum atomic E-state index is -0.343. The molecule has 8 heteroatoms. The molecule has 0 spiro atoms. The van der Waals surface area contributed by atoms with Crippen LogP contribution in [0.4, 0.5) is 4.79 Å². The van der Waals surface area contributed by atoms with Gasteiger partial charge in [-0.05, 0) is 42.8 Å². The molecule has 0 unspecified atom stereocenters. The molecule has 1 fully saturated rings. The van der Waals surface area contributed by atoms with Crippen LogP contribution in [0.1, 0.15) is 17.3 Å². The van der Waals surface area contributed by atoms with Crippen molar-refractivity contribution >= 4 is 22.9 Å². The first-order valence-corrected chi connectivity index (χ1v) is 11.7. The van der Waals surface area contributed by atoms with Crippen molar-refractivity contribution < 1.29 is 14.3 Å². The van der Waals surface area contributed by atoms with Crippen molar-refractivity contribution in [2.45, 2.75) is 6.92 Å². The Morgan fingerprint density at radius 3 is 2.40 bits per heavy atom. The third-order valence-electron chi connectivity index (χ3n) is 6.29. The minimum Gasteiger partial charge on any atom is -0.450 e. The van der Waals surface area contributed by atoms with E-state index in [0.717, 1.165) is 22.0 Å². The monoisotopic (exact) mass is 470 g/mol.